The van der Waals surface area contributed by atoms with Gasteiger partial charge in [-0.05, 0) is 37.3 Å². The first-order valence-corrected chi connectivity index (χ1v) is 8.06. The summed E-state index contributed by atoms with van der Waals surface area (Å²) >= 11 is 0. The van der Waals surface area contributed by atoms with Crippen LogP contribution >= 0.6 is 0 Å². The monoisotopic (exact) mass is 352 g/mol. The normalized spacial score (nSPS) is 10.7. The molecule has 0 saturated carbocycles. The molecule has 8 heteroatoms. The second kappa shape index (κ2) is 6.83. The quantitative estimate of drug-likeness (QED) is 0.699. The molecular formula is C18H20N6O2. The van der Waals surface area contributed by atoms with Crippen molar-refractivity contribution in [2.24, 2.45) is 0 Å². The summed E-state index contributed by atoms with van der Waals surface area (Å²) < 4.78 is 1.53. The van der Waals surface area contributed by atoms with E-state index in [0.29, 0.717) is 33.8 Å². The standard InChI is InChI=1S/C18H20N6O2/c1-11-22-15-5-4-13(19)9-16(15)24(11)17(25)12-6-7-20-14(8-12)10-21-18(26)23(2)3/h4-9H,10,19H2,1-3H3,(H,21,26). The van der Waals surface area contributed by atoms with Crippen LogP contribution in [-0.4, -0.2) is 45.5 Å². The number of aryl methyl sites for hydroxylation is 1. The molecule has 134 valence electrons. The number of aromatic nitrogens is 3. The average Bonchev–Trinajstić information content (AvgIpc) is 2.94. The molecule has 0 atom stereocenters. The van der Waals surface area contributed by atoms with Gasteiger partial charge in [0.2, 0.25) is 0 Å². The van der Waals surface area contributed by atoms with Crippen molar-refractivity contribution in [1.29, 1.82) is 0 Å². The molecule has 0 bridgehead atoms. The van der Waals surface area contributed by atoms with E-state index >= 15 is 0 Å². The average molecular weight is 352 g/mol. The molecule has 2 aromatic heterocycles. The van der Waals surface area contributed by atoms with Crippen LogP contribution in [-0.2, 0) is 6.54 Å². The molecule has 0 unspecified atom stereocenters. The van der Waals surface area contributed by atoms with Crippen LogP contribution in [0.2, 0.25) is 0 Å². The number of carbonyl (C=O) groups is 2. The summed E-state index contributed by atoms with van der Waals surface area (Å²) in [7, 11) is 3.31. The predicted octanol–water partition coefficient (Wildman–Crippen LogP) is 1.78. The fourth-order valence-electron chi connectivity index (χ4n) is 2.63. The van der Waals surface area contributed by atoms with Crippen LogP contribution in [0.3, 0.4) is 0 Å². The molecule has 26 heavy (non-hydrogen) atoms. The Morgan fingerprint density at radius 2 is 2.00 bits per heavy atom. The van der Waals surface area contributed by atoms with E-state index in [9.17, 15) is 9.59 Å². The van der Waals surface area contributed by atoms with Crippen molar-refractivity contribution < 1.29 is 9.59 Å². The van der Waals surface area contributed by atoms with Gasteiger partial charge in [-0.2, -0.15) is 0 Å². The third-order valence-electron chi connectivity index (χ3n) is 3.94. The number of fused-ring (bicyclic) bond motifs is 1. The maximum absolute atomic E-state index is 13.0. The van der Waals surface area contributed by atoms with Gasteiger partial charge in [0.05, 0.1) is 23.3 Å². The van der Waals surface area contributed by atoms with Gasteiger partial charge in [-0.25, -0.2) is 9.78 Å². The van der Waals surface area contributed by atoms with Gasteiger partial charge in [-0.3, -0.25) is 14.3 Å². The minimum absolute atomic E-state index is 0.224. The first-order valence-electron chi connectivity index (χ1n) is 8.06. The molecule has 2 amide bonds. The number of nitrogens with zero attached hydrogens (tertiary/aromatic N) is 4. The maximum Gasteiger partial charge on any atom is 0.317 e. The smallest absolute Gasteiger partial charge is 0.317 e. The number of nitrogens with two attached hydrogens (primary N) is 1. The molecule has 0 fully saturated rings. The largest absolute Gasteiger partial charge is 0.399 e. The summed E-state index contributed by atoms with van der Waals surface area (Å²) in [4.78, 5) is 34.7. The molecule has 0 aliphatic carbocycles. The number of hydrogen-bond donors (Lipinski definition) is 2. The Labute approximate surface area is 150 Å². The number of urea groups is 1. The van der Waals surface area contributed by atoms with Gasteiger partial charge in [-0.15, -0.1) is 0 Å². The highest BCUT2D eigenvalue weighted by Crippen LogP contribution is 2.20. The van der Waals surface area contributed by atoms with E-state index in [2.05, 4.69) is 15.3 Å². The predicted molar refractivity (Wildman–Crippen MR) is 98.8 cm³/mol. The van der Waals surface area contributed by atoms with Gasteiger partial charge >= 0.3 is 6.03 Å². The summed E-state index contributed by atoms with van der Waals surface area (Å²) in [6, 6.07) is 8.34. The van der Waals surface area contributed by atoms with Crippen molar-refractivity contribution in [3.63, 3.8) is 0 Å². The first kappa shape index (κ1) is 17.4. The Morgan fingerprint density at radius 3 is 2.73 bits per heavy atom. The number of amides is 2. The van der Waals surface area contributed by atoms with E-state index in [-0.39, 0.29) is 18.5 Å². The Balaban J connectivity index is 1.91. The van der Waals surface area contributed by atoms with Crippen LogP contribution in [0, 0.1) is 6.92 Å². The number of rotatable bonds is 3. The first-order chi connectivity index (χ1) is 12.4. The number of anilines is 1. The minimum Gasteiger partial charge on any atom is -0.399 e. The van der Waals surface area contributed by atoms with Crippen molar-refractivity contribution in [1.82, 2.24) is 24.8 Å². The van der Waals surface area contributed by atoms with Crippen LogP contribution in [0.5, 0.6) is 0 Å². The highest BCUT2D eigenvalue weighted by Gasteiger charge is 2.17. The van der Waals surface area contributed by atoms with Gasteiger partial charge in [0.1, 0.15) is 5.82 Å². The van der Waals surface area contributed by atoms with Crippen LogP contribution in [0.1, 0.15) is 21.9 Å². The minimum atomic E-state index is -0.226. The summed E-state index contributed by atoms with van der Waals surface area (Å²) in [5.41, 5.74) is 8.83. The summed E-state index contributed by atoms with van der Waals surface area (Å²) in [5, 5.41) is 2.73. The number of imidazole rings is 1. The molecule has 3 aromatic rings. The lowest BCUT2D eigenvalue weighted by atomic mass is 10.2. The third kappa shape index (κ3) is 3.34. The van der Waals surface area contributed by atoms with E-state index in [1.165, 1.54) is 9.47 Å². The molecular weight excluding hydrogens is 332 g/mol. The summed E-state index contributed by atoms with van der Waals surface area (Å²) in [5.74, 6) is 0.355. The highest BCUT2D eigenvalue weighted by atomic mass is 16.2. The van der Waals surface area contributed by atoms with Crippen LogP contribution in [0.4, 0.5) is 10.5 Å². The van der Waals surface area contributed by atoms with Crippen LogP contribution < -0.4 is 11.1 Å². The molecule has 0 aliphatic heterocycles. The second-order valence-electron chi connectivity index (χ2n) is 6.14. The Morgan fingerprint density at radius 1 is 1.23 bits per heavy atom. The van der Waals surface area contributed by atoms with E-state index in [1.807, 2.05) is 0 Å². The van der Waals surface area contributed by atoms with Gasteiger partial charge < -0.3 is 16.0 Å². The van der Waals surface area contributed by atoms with E-state index < -0.39 is 0 Å². The zero-order chi connectivity index (χ0) is 18.8. The van der Waals surface area contributed by atoms with E-state index in [1.54, 1.807) is 57.5 Å². The lowest BCUT2D eigenvalue weighted by Crippen LogP contribution is -2.34. The number of nitrogens with one attached hydrogen (secondary N) is 1. The number of nitrogen functional groups attached to an aromatic ring is 1. The fraction of sp³-hybridized carbons (Fsp3) is 0.222. The highest BCUT2D eigenvalue weighted by molar-refractivity contribution is 6.02. The summed E-state index contributed by atoms with van der Waals surface area (Å²) in [6.07, 6.45) is 1.55. The molecule has 8 nitrogen and oxygen atoms in total. The van der Waals surface area contributed by atoms with Crippen LogP contribution in [0.25, 0.3) is 11.0 Å². The maximum atomic E-state index is 13.0. The van der Waals surface area contributed by atoms with Gasteiger partial charge in [0.15, 0.2) is 0 Å². The molecule has 1 aromatic carbocycles. The lowest BCUT2D eigenvalue weighted by molar-refractivity contribution is 0.0962. The van der Waals surface area contributed by atoms with Gasteiger partial charge in [0.25, 0.3) is 5.91 Å². The number of hydrogen-bond acceptors (Lipinski definition) is 5. The fourth-order valence-corrected chi connectivity index (χ4v) is 2.63. The third-order valence-corrected chi connectivity index (χ3v) is 3.94. The number of pyridine rings is 1. The Hall–Kier alpha value is -3.42. The zero-order valence-electron chi connectivity index (χ0n) is 14.9. The molecule has 0 saturated heterocycles. The molecule has 2 heterocycles. The van der Waals surface area contributed by atoms with E-state index in [4.69, 9.17) is 5.73 Å². The van der Waals surface area contributed by atoms with Crippen molar-refractivity contribution in [2.75, 3.05) is 19.8 Å². The number of carbonyl (C=O) groups excluding carboxylic acids is 2. The van der Waals surface area contributed by atoms with Crippen molar-refractivity contribution in [2.45, 2.75) is 13.5 Å². The van der Waals surface area contributed by atoms with Crippen molar-refractivity contribution >= 4 is 28.7 Å². The second-order valence-corrected chi connectivity index (χ2v) is 6.14. The van der Waals surface area contributed by atoms with Crippen molar-refractivity contribution in [3.05, 3.63) is 53.6 Å². The number of benzene rings is 1. The SMILES string of the molecule is Cc1nc2ccc(N)cc2n1C(=O)c1ccnc(CNC(=O)N(C)C)c1. The topological polar surface area (TPSA) is 106 Å². The Bertz CT molecular complexity index is 993. The molecule has 3 rings (SSSR count). The Kier molecular flexibility index (Phi) is 4.57. The van der Waals surface area contributed by atoms with Gasteiger partial charge in [-0.1, -0.05) is 0 Å². The summed E-state index contributed by atoms with van der Waals surface area (Å²) in [6.45, 7) is 2.00. The van der Waals surface area contributed by atoms with E-state index in [0.717, 1.165) is 0 Å². The molecule has 3 N–H and O–H groups in total. The molecule has 0 aliphatic rings. The van der Waals surface area contributed by atoms with Crippen molar-refractivity contribution in [3.8, 4) is 0 Å². The lowest BCUT2D eigenvalue weighted by Gasteiger charge is -2.12. The van der Waals surface area contributed by atoms with Crippen LogP contribution in [0.15, 0.2) is 36.5 Å². The zero-order valence-corrected chi connectivity index (χ0v) is 14.9. The molecule has 0 spiro atoms. The molecule has 0 radical (unpaired) electrons. The van der Waals surface area contributed by atoms with Gasteiger partial charge in [0, 0.05) is 31.5 Å².